The third-order valence-electron chi connectivity index (χ3n) is 17.7. The van der Waals surface area contributed by atoms with E-state index in [1.54, 1.807) is 36.4 Å². The molecular weight excluding hydrogens is 1220 g/mol. The average molecular weight is 1290 g/mol. The van der Waals surface area contributed by atoms with Crippen molar-refractivity contribution in [2.75, 3.05) is 0 Å². The number of Topliss-reactive ketones (excluding diaryl/α,β-unsaturated/α-hetero) is 3. The maximum absolute atomic E-state index is 14.3. The Morgan fingerprint density at radius 2 is 0.545 bits per heavy atom. The highest BCUT2D eigenvalue weighted by Gasteiger charge is 2.30. The second kappa shape index (κ2) is 29.5. The van der Waals surface area contributed by atoms with Gasteiger partial charge in [-0.3, -0.25) is 24.0 Å². The Labute approximate surface area is 573 Å². The molecule has 3 aliphatic carbocycles. The summed E-state index contributed by atoms with van der Waals surface area (Å²) in [6.45, 7) is 0. The number of allylic oxidation sites excluding steroid dienone is 2. The molecule has 0 spiro atoms. The van der Waals surface area contributed by atoms with E-state index in [0.717, 1.165) is 96.7 Å². The van der Waals surface area contributed by atoms with Gasteiger partial charge in [-0.25, -0.2) is 34.9 Å². The number of rotatable bonds is 12. The van der Waals surface area contributed by atoms with Gasteiger partial charge in [0.05, 0.1) is 51.2 Å². The van der Waals surface area contributed by atoms with Crippen molar-refractivity contribution in [2.24, 2.45) is 0 Å². The van der Waals surface area contributed by atoms with Crippen LogP contribution >= 0.6 is 0 Å². The number of nitrogens with zero attached hydrogens (tertiary/aromatic N) is 7. The summed E-state index contributed by atoms with van der Waals surface area (Å²) >= 11 is 0. The monoisotopic (exact) mass is 1290 g/mol. The molecule has 0 saturated carbocycles. The maximum atomic E-state index is 14.3. The quantitative estimate of drug-likeness (QED) is 0.0837. The predicted octanol–water partition coefficient (Wildman–Crippen LogP) is 18.7. The van der Waals surface area contributed by atoms with Gasteiger partial charge in [0.1, 0.15) is 28.5 Å². The van der Waals surface area contributed by atoms with E-state index in [0.29, 0.717) is 118 Å². The van der Waals surface area contributed by atoms with Crippen LogP contribution in [0.3, 0.4) is 0 Å². The van der Waals surface area contributed by atoms with E-state index < -0.39 is 0 Å². The van der Waals surface area contributed by atoms with Gasteiger partial charge in [0.15, 0.2) is 18.4 Å². The van der Waals surface area contributed by atoms with Crippen molar-refractivity contribution in [3.8, 4) is 89.9 Å². The summed E-state index contributed by atoms with van der Waals surface area (Å²) in [5.74, 6) is 0.0107. The van der Waals surface area contributed by atoms with Gasteiger partial charge in [-0.1, -0.05) is 206 Å². The third kappa shape index (κ3) is 14.3. The first-order chi connectivity index (χ1) is 48.7. The molecule has 0 amide bonds. The molecule has 13 aromatic rings. The highest BCUT2D eigenvalue weighted by molar-refractivity contribution is 6.14. The molecule has 12 heteroatoms. The Morgan fingerprint density at radius 1 is 0.253 bits per heavy atom. The fraction of sp³-hybridized carbons (Fsp3) is 0.0805. The van der Waals surface area contributed by atoms with Crippen LogP contribution in [0.25, 0.3) is 102 Å². The zero-order valence-corrected chi connectivity index (χ0v) is 53.9. The van der Waals surface area contributed by atoms with Crippen LogP contribution in [0.2, 0.25) is 0 Å². The number of pyridine rings is 7. The molecule has 0 radical (unpaired) electrons. The van der Waals surface area contributed by atoms with Gasteiger partial charge < -0.3 is 0 Å². The van der Waals surface area contributed by atoms with Crippen LogP contribution in [0.15, 0.2) is 284 Å². The Kier molecular flexibility index (Phi) is 18.9. The highest BCUT2D eigenvalue weighted by atomic mass is 16.1. The van der Waals surface area contributed by atoms with Crippen LogP contribution in [0.1, 0.15) is 106 Å². The number of carbonyl (C=O) groups excluding carboxylic acids is 5. The SMILES string of the molecule is O=C1/C(=C/c2cccc(-c3cccc(/C=C4\CCc5c(-c6ccccc6)cc(-c6ccccc6)nc5C4=O)n3)n2)CCc2c(-c3ccccc3)cc(-c3ccccc3)nc21.O=C1CCCc2c(-c3ccccc3)cc(-c3ccccc3)nc21.O=Cc1cccc(-c2cccc(C=O)n2)n1. The average Bonchev–Trinajstić information content (AvgIpc) is 0.783. The van der Waals surface area contributed by atoms with Crippen LogP contribution in [0, 0.1) is 0 Å². The maximum Gasteiger partial charge on any atom is 0.207 e. The first-order valence-corrected chi connectivity index (χ1v) is 33.0. The van der Waals surface area contributed by atoms with Crippen molar-refractivity contribution in [1.29, 1.82) is 0 Å². The molecule has 6 aromatic carbocycles. The Hall–Kier alpha value is -12.8. The standard InChI is InChI=1S/C54H38N4O2.C21H17NO.C12H8N2O2/c59-53-39(27-29-43-45(35-15-5-1-6-16-35)33-49(57-51(43)53)37-19-9-3-10-20-37)31-41-23-13-25-47(55-41)48-26-14-24-42(56-48)32-40-28-30-44-46(36-17-7-2-8-18-36)34-50(58-52(44)54(40)60)38-21-11-4-12-22-38;23-20-13-7-12-17-18(15-8-3-1-4-9-15)14-19(22-21(17)20)16-10-5-2-6-11-16;15-7-9-3-1-5-11(13-9)12-6-2-4-10(8-16)14-12/h1-26,31-34H,27-30H2;1-6,8-11,14H,7,12-13H2;1-8H/b39-31+,40-32+;;. The molecule has 0 fully saturated rings. The summed E-state index contributed by atoms with van der Waals surface area (Å²) in [7, 11) is 0. The molecule has 0 unspecified atom stereocenters. The van der Waals surface area contributed by atoms with Gasteiger partial charge >= 0.3 is 0 Å². The smallest absolute Gasteiger partial charge is 0.207 e. The van der Waals surface area contributed by atoms with Crippen LogP contribution < -0.4 is 0 Å². The lowest BCUT2D eigenvalue weighted by molar-refractivity contribution is 0.0965. The second-order valence-electron chi connectivity index (χ2n) is 24.1. The van der Waals surface area contributed by atoms with Crippen molar-refractivity contribution in [1.82, 2.24) is 34.9 Å². The van der Waals surface area contributed by atoms with E-state index in [9.17, 15) is 24.0 Å². The number of hydrogen-bond acceptors (Lipinski definition) is 12. The molecular formula is C87H63N7O5. The molecule has 3 aliphatic rings. The summed E-state index contributed by atoms with van der Waals surface area (Å²) in [6, 6.07) is 88.8. The molecule has 16 rings (SSSR count). The Bertz CT molecular complexity index is 5000. The molecule has 0 aliphatic heterocycles. The molecule has 0 saturated heterocycles. The Morgan fingerprint density at radius 3 is 0.879 bits per heavy atom. The van der Waals surface area contributed by atoms with E-state index in [-0.39, 0.29) is 17.3 Å². The lowest BCUT2D eigenvalue weighted by Gasteiger charge is -2.22. The van der Waals surface area contributed by atoms with Crippen LogP contribution in [-0.2, 0) is 19.3 Å². The Balaban J connectivity index is 0.000000173. The van der Waals surface area contributed by atoms with Gasteiger partial charge in [0.2, 0.25) is 11.6 Å². The molecule has 7 heterocycles. The zero-order valence-electron chi connectivity index (χ0n) is 53.9. The minimum absolute atomic E-state index is 0.0786. The van der Waals surface area contributed by atoms with E-state index in [2.05, 4.69) is 64.6 Å². The molecule has 0 N–H and O–H groups in total. The summed E-state index contributed by atoms with van der Waals surface area (Å²) in [6.07, 6.45) is 10.1. The first-order valence-electron chi connectivity index (χ1n) is 33.0. The second-order valence-corrected chi connectivity index (χ2v) is 24.1. The largest absolute Gasteiger partial charge is 0.296 e. The van der Waals surface area contributed by atoms with Crippen molar-refractivity contribution in [3.05, 3.63) is 341 Å². The zero-order chi connectivity index (χ0) is 67.4. The van der Waals surface area contributed by atoms with Gasteiger partial charge in [-0.05, 0) is 167 Å². The number of benzene rings is 6. The normalized spacial score (nSPS) is 13.8. The first kappa shape index (κ1) is 63.6. The summed E-state index contributed by atoms with van der Waals surface area (Å²) in [4.78, 5) is 94.8. The van der Waals surface area contributed by atoms with Gasteiger partial charge in [-0.2, -0.15) is 0 Å². The van der Waals surface area contributed by atoms with Gasteiger partial charge in [0.25, 0.3) is 0 Å². The molecule has 99 heavy (non-hydrogen) atoms. The van der Waals surface area contributed by atoms with E-state index >= 15 is 0 Å². The molecule has 0 atom stereocenters. The van der Waals surface area contributed by atoms with E-state index in [4.69, 9.17) is 24.9 Å². The number of carbonyl (C=O) groups is 5. The lowest BCUT2D eigenvalue weighted by Crippen LogP contribution is -2.18. The van der Waals surface area contributed by atoms with Crippen molar-refractivity contribution >= 4 is 42.1 Å². The van der Waals surface area contributed by atoms with Crippen LogP contribution in [0.5, 0.6) is 0 Å². The highest BCUT2D eigenvalue weighted by Crippen LogP contribution is 2.40. The van der Waals surface area contributed by atoms with Gasteiger partial charge in [0, 0.05) is 34.3 Å². The van der Waals surface area contributed by atoms with Crippen molar-refractivity contribution in [2.45, 2.75) is 44.9 Å². The fourth-order valence-electron chi connectivity index (χ4n) is 12.9. The van der Waals surface area contributed by atoms with Crippen LogP contribution in [0.4, 0.5) is 0 Å². The van der Waals surface area contributed by atoms with E-state index in [1.807, 2.05) is 194 Å². The molecule has 12 nitrogen and oxygen atoms in total. The number of ketones is 3. The van der Waals surface area contributed by atoms with Crippen molar-refractivity contribution < 1.29 is 24.0 Å². The predicted molar refractivity (Wildman–Crippen MR) is 390 cm³/mol. The number of hydrogen-bond donors (Lipinski definition) is 0. The molecule has 476 valence electrons. The third-order valence-corrected chi connectivity index (χ3v) is 17.7. The summed E-state index contributed by atoms with van der Waals surface area (Å²) < 4.78 is 0. The summed E-state index contributed by atoms with van der Waals surface area (Å²) in [5, 5.41) is 0. The molecule has 7 aromatic heterocycles. The topological polar surface area (TPSA) is 176 Å². The van der Waals surface area contributed by atoms with Crippen LogP contribution in [-0.4, -0.2) is 64.8 Å². The molecule has 0 bridgehead atoms. The minimum atomic E-state index is -0.0786. The lowest BCUT2D eigenvalue weighted by atomic mass is 9.84. The number of aromatic nitrogens is 7. The van der Waals surface area contributed by atoms with Gasteiger partial charge in [-0.15, -0.1) is 0 Å². The fourth-order valence-corrected chi connectivity index (χ4v) is 12.9. The van der Waals surface area contributed by atoms with E-state index in [1.165, 1.54) is 0 Å². The number of aldehydes is 2. The summed E-state index contributed by atoms with van der Waals surface area (Å²) in [5.41, 5.74) is 22.5. The number of fused-ring (bicyclic) bond motifs is 3. The van der Waals surface area contributed by atoms with Crippen molar-refractivity contribution in [3.63, 3.8) is 0 Å². The minimum Gasteiger partial charge on any atom is -0.296 e.